The molecular weight excluding hydrogens is 356 g/mol. The molecule has 0 N–H and O–H groups in total. The fourth-order valence-corrected chi connectivity index (χ4v) is 4.16. The summed E-state index contributed by atoms with van der Waals surface area (Å²) in [7, 11) is 0. The average molecular weight is 367 g/mol. The number of rotatable bonds is 3. The highest BCUT2D eigenvalue weighted by molar-refractivity contribution is 7.21. The number of esters is 1. The summed E-state index contributed by atoms with van der Waals surface area (Å²) in [5.74, 6) is -0.336. The Kier molecular flexibility index (Phi) is 3.99. The number of ether oxygens (including phenoxy) is 1. The molecule has 3 nitrogen and oxygen atoms in total. The number of carbonyl (C=O) groups excluding carboxylic acids is 2. The van der Waals surface area contributed by atoms with Crippen LogP contribution in [0, 0.1) is 0 Å². The van der Waals surface area contributed by atoms with Crippen LogP contribution in [0.5, 0.6) is 5.75 Å². The first kappa shape index (κ1) is 15.8. The minimum atomic E-state index is -0.565. The highest BCUT2D eigenvalue weighted by Crippen LogP contribution is 2.36. The fraction of sp³-hybridized carbons (Fsp3) is 0. The molecule has 0 aliphatic carbocycles. The van der Waals surface area contributed by atoms with E-state index >= 15 is 0 Å². The second-order valence-electron chi connectivity index (χ2n) is 5.45. The predicted octanol–water partition coefficient (Wildman–Crippen LogP) is 5.74. The topological polar surface area (TPSA) is 43.4 Å². The van der Waals surface area contributed by atoms with E-state index in [0.717, 1.165) is 20.9 Å². The Balaban J connectivity index is 1.76. The van der Waals surface area contributed by atoms with Crippen molar-refractivity contribution in [1.82, 2.24) is 0 Å². The molecule has 0 radical (unpaired) electrons. The van der Waals surface area contributed by atoms with E-state index in [1.165, 1.54) is 11.3 Å². The third-order valence-corrected chi connectivity index (χ3v) is 5.63. The summed E-state index contributed by atoms with van der Waals surface area (Å²) in [5, 5.41) is 2.84. The Morgan fingerprint density at radius 1 is 0.960 bits per heavy atom. The first-order chi connectivity index (χ1) is 12.2. The second-order valence-corrected chi connectivity index (χ2v) is 6.88. The van der Waals surface area contributed by atoms with E-state index in [4.69, 9.17) is 16.3 Å². The Morgan fingerprint density at radius 2 is 1.68 bits per heavy atom. The largest absolute Gasteiger partial charge is 0.422 e. The van der Waals surface area contributed by atoms with Gasteiger partial charge in [-0.2, -0.15) is 0 Å². The van der Waals surface area contributed by atoms with Crippen molar-refractivity contribution >= 4 is 56.1 Å². The molecule has 3 aromatic carbocycles. The number of hydrogen-bond acceptors (Lipinski definition) is 4. The van der Waals surface area contributed by atoms with E-state index in [1.807, 2.05) is 54.6 Å². The summed E-state index contributed by atoms with van der Waals surface area (Å²) < 4.78 is 6.41. The van der Waals surface area contributed by atoms with E-state index in [0.29, 0.717) is 21.7 Å². The van der Waals surface area contributed by atoms with Gasteiger partial charge in [-0.3, -0.25) is 4.79 Å². The molecule has 0 saturated heterocycles. The SMILES string of the molecule is O=Cc1c(OC(=O)c2sc3ccccc3c2Cl)ccc2ccccc12. The summed E-state index contributed by atoms with van der Waals surface area (Å²) >= 11 is 7.60. The van der Waals surface area contributed by atoms with Gasteiger partial charge in [-0.05, 0) is 22.9 Å². The standard InChI is InChI=1S/C20H11ClO3S/c21-18-14-7-3-4-8-17(14)25-19(18)20(23)24-16-10-9-12-5-1-2-6-13(12)15(16)11-22/h1-11H. The lowest BCUT2D eigenvalue weighted by Gasteiger charge is -2.08. The fourth-order valence-electron chi connectivity index (χ4n) is 2.78. The van der Waals surface area contributed by atoms with E-state index in [9.17, 15) is 9.59 Å². The average Bonchev–Trinajstić information content (AvgIpc) is 2.99. The van der Waals surface area contributed by atoms with Crippen molar-refractivity contribution in [2.24, 2.45) is 0 Å². The van der Waals surface area contributed by atoms with Crippen LogP contribution in [0.2, 0.25) is 5.02 Å². The smallest absolute Gasteiger partial charge is 0.355 e. The summed E-state index contributed by atoms with van der Waals surface area (Å²) in [6.07, 6.45) is 0.706. The summed E-state index contributed by atoms with van der Waals surface area (Å²) in [6.45, 7) is 0. The molecule has 25 heavy (non-hydrogen) atoms. The zero-order chi connectivity index (χ0) is 17.4. The molecule has 122 valence electrons. The Labute approximate surface area is 152 Å². The third kappa shape index (κ3) is 2.69. The molecule has 4 aromatic rings. The summed E-state index contributed by atoms with van der Waals surface area (Å²) in [4.78, 5) is 24.5. The molecule has 1 aromatic heterocycles. The molecule has 0 spiro atoms. The van der Waals surface area contributed by atoms with Crippen molar-refractivity contribution in [2.75, 3.05) is 0 Å². The van der Waals surface area contributed by atoms with Gasteiger partial charge in [0.25, 0.3) is 0 Å². The van der Waals surface area contributed by atoms with E-state index < -0.39 is 5.97 Å². The van der Waals surface area contributed by atoms with E-state index in [2.05, 4.69) is 0 Å². The lowest BCUT2D eigenvalue weighted by molar-refractivity contribution is 0.0739. The van der Waals surface area contributed by atoms with Crippen LogP contribution in [-0.2, 0) is 0 Å². The molecule has 0 fully saturated rings. The van der Waals surface area contributed by atoms with Crippen LogP contribution in [0.1, 0.15) is 20.0 Å². The van der Waals surface area contributed by atoms with Gasteiger partial charge in [-0.1, -0.05) is 60.1 Å². The van der Waals surface area contributed by atoms with Crippen molar-refractivity contribution in [3.05, 3.63) is 76.1 Å². The minimum Gasteiger partial charge on any atom is -0.422 e. The maximum absolute atomic E-state index is 12.6. The number of hydrogen-bond donors (Lipinski definition) is 0. The summed E-state index contributed by atoms with van der Waals surface area (Å²) in [6, 6.07) is 18.4. The van der Waals surface area contributed by atoms with Crippen molar-refractivity contribution in [3.63, 3.8) is 0 Å². The van der Waals surface area contributed by atoms with Crippen LogP contribution in [0.15, 0.2) is 60.7 Å². The van der Waals surface area contributed by atoms with Gasteiger partial charge in [0.2, 0.25) is 0 Å². The second kappa shape index (κ2) is 6.31. The summed E-state index contributed by atoms with van der Waals surface area (Å²) in [5.41, 5.74) is 0.351. The van der Waals surface area contributed by atoms with Crippen molar-refractivity contribution < 1.29 is 14.3 Å². The van der Waals surface area contributed by atoms with Gasteiger partial charge in [0.1, 0.15) is 10.6 Å². The Bertz CT molecular complexity index is 1130. The van der Waals surface area contributed by atoms with Crippen LogP contribution in [0.25, 0.3) is 20.9 Å². The van der Waals surface area contributed by atoms with Crippen LogP contribution in [0.3, 0.4) is 0 Å². The lowest BCUT2D eigenvalue weighted by Crippen LogP contribution is -2.08. The normalized spacial score (nSPS) is 10.9. The predicted molar refractivity (Wildman–Crippen MR) is 101 cm³/mol. The third-order valence-electron chi connectivity index (χ3n) is 3.97. The molecule has 1 heterocycles. The molecular formula is C20H11ClO3S. The minimum absolute atomic E-state index is 0.229. The van der Waals surface area contributed by atoms with Crippen molar-refractivity contribution in [3.8, 4) is 5.75 Å². The number of fused-ring (bicyclic) bond motifs is 2. The van der Waals surface area contributed by atoms with Gasteiger partial charge >= 0.3 is 5.97 Å². The van der Waals surface area contributed by atoms with Gasteiger partial charge < -0.3 is 4.74 Å². The first-order valence-corrected chi connectivity index (χ1v) is 8.74. The quantitative estimate of drug-likeness (QED) is 0.264. The highest BCUT2D eigenvalue weighted by atomic mass is 35.5. The first-order valence-electron chi connectivity index (χ1n) is 7.55. The Hall–Kier alpha value is -2.69. The van der Waals surface area contributed by atoms with Crippen LogP contribution < -0.4 is 4.74 Å². The number of aldehydes is 1. The zero-order valence-electron chi connectivity index (χ0n) is 12.9. The van der Waals surface area contributed by atoms with Gasteiger partial charge in [0, 0.05) is 10.1 Å². The van der Waals surface area contributed by atoms with Crippen LogP contribution in [0.4, 0.5) is 0 Å². The van der Waals surface area contributed by atoms with Gasteiger partial charge in [0.05, 0.1) is 10.6 Å². The zero-order valence-corrected chi connectivity index (χ0v) is 14.4. The monoisotopic (exact) mass is 366 g/mol. The number of benzene rings is 3. The molecule has 0 bridgehead atoms. The maximum Gasteiger partial charge on any atom is 0.355 e. The molecule has 5 heteroatoms. The van der Waals surface area contributed by atoms with Crippen molar-refractivity contribution in [1.29, 1.82) is 0 Å². The number of halogens is 1. The maximum atomic E-state index is 12.6. The molecule has 4 rings (SSSR count). The van der Waals surface area contributed by atoms with Crippen LogP contribution >= 0.6 is 22.9 Å². The van der Waals surface area contributed by atoms with Gasteiger partial charge in [-0.25, -0.2) is 4.79 Å². The molecule has 0 atom stereocenters. The Morgan fingerprint density at radius 3 is 2.44 bits per heavy atom. The number of carbonyl (C=O) groups is 2. The molecule has 0 amide bonds. The molecule has 0 unspecified atom stereocenters. The van der Waals surface area contributed by atoms with Gasteiger partial charge in [0.15, 0.2) is 6.29 Å². The molecule has 0 aliphatic rings. The van der Waals surface area contributed by atoms with E-state index in [-0.39, 0.29) is 5.75 Å². The molecule has 0 aliphatic heterocycles. The molecule has 0 saturated carbocycles. The van der Waals surface area contributed by atoms with Crippen molar-refractivity contribution in [2.45, 2.75) is 0 Å². The lowest BCUT2D eigenvalue weighted by atomic mass is 10.0. The van der Waals surface area contributed by atoms with Gasteiger partial charge in [-0.15, -0.1) is 11.3 Å². The highest BCUT2D eigenvalue weighted by Gasteiger charge is 2.20. The number of thiophene rings is 1. The van der Waals surface area contributed by atoms with E-state index in [1.54, 1.807) is 6.07 Å². The van der Waals surface area contributed by atoms with Crippen LogP contribution in [-0.4, -0.2) is 12.3 Å².